The predicted molar refractivity (Wildman–Crippen MR) is 90.1 cm³/mol. The van der Waals surface area contributed by atoms with Gasteiger partial charge in [-0.1, -0.05) is 32.0 Å². The third-order valence-electron chi connectivity index (χ3n) is 4.77. The summed E-state index contributed by atoms with van der Waals surface area (Å²) in [6.07, 6.45) is 3.95. The van der Waals surface area contributed by atoms with Gasteiger partial charge in [0.1, 0.15) is 0 Å². The van der Waals surface area contributed by atoms with E-state index in [0.29, 0.717) is 11.8 Å². The summed E-state index contributed by atoms with van der Waals surface area (Å²) in [4.78, 5) is 14.3. The average Bonchev–Trinajstić information content (AvgIpc) is 2.54. The van der Waals surface area contributed by atoms with Crippen LogP contribution in [0.4, 0.5) is 10.5 Å². The molecule has 0 aliphatic heterocycles. The monoisotopic (exact) mass is 304 g/mol. The van der Waals surface area contributed by atoms with E-state index in [0.717, 1.165) is 36.9 Å². The molecule has 1 aliphatic carbocycles. The maximum Gasteiger partial charge on any atom is 0.321 e. The van der Waals surface area contributed by atoms with Crippen LogP contribution < -0.4 is 5.32 Å². The standard InChI is InChI=1S/C18H28N2O2/c1-13(2)16-6-4-5-7-17(16)19-18(22)20(3)15-10-8-14(12-21)9-11-15/h4-7,13-15,21H,8-12H2,1-3H3,(H,19,22). The number of anilines is 1. The average molecular weight is 304 g/mol. The molecule has 0 saturated heterocycles. The van der Waals surface area contributed by atoms with Crippen LogP contribution in [0.25, 0.3) is 0 Å². The summed E-state index contributed by atoms with van der Waals surface area (Å²) in [7, 11) is 1.87. The van der Waals surface area contributed by atoms with Gasteiger partial charge in [-0.2, -0.15) is 0 Å². The van der Waals surface area contributed by atoms with E-state index in [1.54, 1.807) is 0 Å². The van der Waals surface area contributed by atoms with Crippen molar-refractivity contribution in [1.82, 2.24) is 4.90 Å². The largest absolute Gasteiger partial charge is 0.396 e. The second-order valence-electron chi connectivity index (χ2n) is 6.64. The number of nitrogens with one attached hydrogen (secondary N) is 1. The van der Waals surface area contributed by atoms with E-state index in [-0.39, 0.29) is 18.7 Å². The molecule has 122 valence electrons. The minimum absolute atomic E-state index is 0.0412. The number of rotatable bonds is 4. The number of hydrogen-bond acceptors (Lipinski definition) is 2. The van der Waals surface area contributed by atoms with Crippen molar-refractivity contribution in [3.8, 4) is 0 Å². The van der Waals surface area contributed by atoms with Crippen molar-refractivity contribution in [2.75, 3.05) is 19.0 Å². The van der Waals surface area contributed by atoms with Crippen LogP contribution >= 0.6 is 0 Å². The first-order valence-electron chi connectivity index (χ1n) is 8.26. The lowest BCUT2D eigenvalue weighted by molar-refractivity contribution is 0.139. The summed E-state index contributed by atoms with van der Waals surface area (Å²) < 4.78 is 0. The van der Waals surface area contributed by atoms with E-state index in [2.05, 4.69) is 25.2 Å². The fourth-order valence-electron chi connectivity index (χ4n) is 3.20. The molecule has 2 rings (SSSR count). The minimum atomic E-state index is -0.0412. The summed E-state index contributed by atoms with van der Waals surface area (Å²) in [6, 6.07) is 8.21. The molecule has 2 amide bonds. The van der Waals surface area contributed by atoms with E-state index >= 15 is 0 Å². The van der Waals surface area contributed by atoms with E-state index in [4.69, 9.17) is 0 Å². The first-order chi connectivity index (χ1) is 10.5. The Kier molecular flexibility index (Phi) is 5.83. The van der Waals surface area contributed by atoms with Crippen LogP contribution in [0.15, 0.2) is 24.3 Å². The van der Waals surface area contributed by atoms with E-state index < -0.39 is 0 Å². The zero-order chi connectivity index (χ0) is 16.1. The molecule has 4 heteroatoms. The Bertz CT molecular complexity index is 494. The fourth-order valence-corrected chi connectivity index (χ4v) is 3.20. The quantitative estimate of drug-likeness (QED) is 0.888. The molecule has 0 atom stereocenters. The molecular formula is C18H28N2O2. The highest BCUT2D eigenvalue weighted by Crippen LogP contribution is 2.28. The number of benzene rings is 1. The number of aliphatic hydroxyl groups excluding tert-OH is 1. The summed E-state index contributed by atoms with van der Waals surface area (Å²) in [6.45, 7) is 4.53. The second-order valence-corrected chi connectivity index (χ2v) is 6.64. The molecule has 1 aliphatic rings. The van der Waals surface area contributed by atoms with Gasteiger partial charge in [-0.25, -0.2) is 4.79 Å². The van der Waals surface area contributed by atoms with E-state index in [9.17, 15) is 9.90 Å². The number of carbonyl (C=O) groups is 1. The summed E-state index contributed by atoms with van der Waals surface area (Å²) >= 11 is 0. The number of urea groups is 1. The number of carbonyl (C=O) groups excluding carboxylic acids is 1. The lowest BCUT2D eigenvalue weighted by Gasteiger charge is -2.34. The molecule has 0 bridgehead atoms. The van der Waals surface area contributed by atoms with Gasteiger partial charge in [-0.15, -0.1) is 0 Å². The Morgan fingerprint density at radius 1 is 1.27 bits per heavy atom. The highest BCUT2D eigenvalue weighted by Gasteiger charge is 2.26. The van der Waals surface area contributed by atoms with Gasteiger partial charge in [0.15, 0.2) is 0 Å². The summed E-state index contributed by atoms with van der Waals surface area (Å²) in [5.74, 6) is 0.788. The second kappa shape index (κ2) is 7.63. The van der Waals surface area contributed by atoms with Gasteiger partial charge in [-0.05, 0) is 49.1 Å². The van der Waals surface area contributed by atoms with Crippen LogP contribution in [-0.4, -0.2) is 35.7 Å². The Balaban J connectivity index is 1.97. The van der Waals surface area contributed by atoms with Crippen molar-refractivity contribution in [1.29, 1.82) is 0 Å². The Labute approximate surface area is 133 Å². The molecule has 0 radical (unpaired) electrons. The van der Waals surface area contributed by atoms with Crippen LogP contribution in [-0.2, 0) is 0 Å². The highest BCUT2D eigenvalue weighted by atomic mass is 16.3. The highest BCUT2D eigenvalue weighted by molar-refractivity contribution is 5.90. The molecule has 0 heterocycles. The molecule has 0 unspecified atom stereocenters. The van der Waals surface area contributed by atoms with Crippen LogP contribution in [0.2, 0.25) is 0 Å². The van der Waals surface area contributed by atoms with Gasteiger partial charge < -0.3 is 15.3 Å². The maximum absolute atomic E-state index is 12.5. The van der Waals surface area contributed by atoms with Gasteiger partial charge in [0, 0.05) is 25.4 Å². The Morgan fingerprint density at radius 3 is 2.50 bits per heavy atom. The molecule has 4 nitrogen and oxygen atoms in total. The van der Waals surface area contributed by atoms with Crippen LogP contribution in [0, 0.1) is 5.92 Å². The Hall–Kier alpha value is -1.55. The molecule has 22 heavy (non-hydrogen) atoms. The lowest BCUT2D eigenvalue weighted by Crippen LogP contribution is -2.42. The zero-order valence-corrected chi connectivity index (χ0v) is 13.9. The third-order valence-corrected chi connectivity index (χ3v) is 4.77. The molecule has 1 aromatic rings. The van der Waals surface area contributed by atoms with Crippen LogP contribution in [0.5, 0.6) is 0 Å². The topological polar surface area (TPSA) is 52.6 Å². The van der Waals surface area contributed by atoms with Gasteiger partial charge in [0.25, 0.3) is 0 Å². The number of amides is 2. The maximum atomic E-state index is 12.5. The van der Waals surface area contributed by atoms with Crippen molar-refractivity contribution < 1.29 is 9.90 Å². The molecular weight excluding hydrogens is 276 g/mol. The van der Waals surface area contributed by atoms with Crippen molar-refractivity contribution in [2.24, 2.45) is 5.92 Å². The predicted octanol–water partition coefficient (Wildman–Crippen LogP) is 3.82. The Morgan fingerprint density at radius 2 is 1.91 bits per heavy atom. The summed E-state index contributed by atoms with van der Waals surface area (Å²) in [5.41, 5.74) is 2.06. The smallest absolute Gasteiger partial charge is 0.321 e. The zero-order valence-electron chi connectivity index (χ0n) is 13.9. The van der Waals surface area contributed by atoms with Crippen LogP contribution in [0.1, 0.15) is 51.0 Å². The fraction of sp³-hybridized carbons (Fsp3) is 0.611. The van der Waals surface area contributed by atoms with Crippen molar-refractivity contribution in [3.05, 3.63) is 29.8 Å². The van der Waals surface area contributed by atoms with Gasteiger partial charge in [0.05, 0.1) is 0 Å². The summed E-state index contributed by atoms with van der Waals surface area (Å²) in [5, 5.41) is 12.3. The van der Waals surface area contributed by atoms with E-state index in [1.165, 1.54) is 0 Å². The first-order valence-corrected chi connectivity index (χ1v) is 8.26. The normalized spacial score (nSPS) is 21.7. The number of aliphatic hydroxyl groups is 1. The number of para-hydroxylation sites is 1. The molecule has 1 saturated carbocycles. The number of nitrogens with zero attached hydrogens (tertiary/aromatic N) is 1. The van der Waals surface area contributed by atoms with Crippen molar-refractivity contribution >= 4 is 11.7 Å². The first kappa shape index (κ1) is 16.8. The molecule has 1 fully saturated rings. The molecule has 1 aromatic carbocycles. The van der Waals surface area contributed by atoms with Gasteiger partial charge in [0.2, 0.25) is 0 Å². The third kappa shape index (κ3) is 4.01. The van der Waals surface area contributed by atoms with Gasteiger partial charge in [-0.3, -0.25) is 0 Å². The van der Waals surface area contributed by atoms with Gasteiger partial charge >= 0.3 is 6.03 Å². The van der Waals surface area contributed by atoms with E-state index in [1.807, 2.05) is 30.1 Å². The SMILES string of the molecule is CC(C)c1ccccc1NC(=O)N(C)C1CCC(CO)CC1. The molecule has 0 aromatic heterocycles. The molecule has 0 spiro atoms. The van der Waals surface area contributed by atoms with Crippen molar-refractivity contribution in [3.63, 3.8) is 0 Å². The molecule has 2 N–H and O–H groups in total. The number of hydrogen-bond donors (Lipinski definition) is 2. The van der Waals surface area contributed by atoms with Crippen LogP contribution in [0.3, 0.4) is 0 Å². The van der Waals surface area contributed by atoms with Crippen molar-refractivity contribution in [2.45, 2.75) is 51.5 Å². The minimum Gasteiger partial charge on any atom is -0.396 e. The lowest BCUT2D eigenvalue weighted by atomic mass is 9.86.